The molecule has 0 bridgehead atoms. The Morgan fingerprint density at radius 2 is 0.822 bits per heavy atom. The van der Waals surface area contributed by atoms with Crippen LogP contribution in [-0.2, 0) is 0 Å². The number of nitrogens with zero attached hydrogens (tertiary/aromatic N) is 4. The molecule has 0 saturated heterocycles. The smallest absolute Gasteiger partial charge is 0.179 e. The second-order valence-corrected chi connectivity index (χ2v) is 11.2. The second kappa shape index (κ2) is 11.3. The van der Waals surface area contributed by atoms with E-state index < -0.39 is 0 Å². The van der Waals surface area contributed by atoms with Crippen molar-refractivity contribution in [1.29, 1.82) is 0 Å². The quantitative estimate of drug-likeness (QED) is 0.191. The van der Waals surface area contributed by atoms with Crippen molar-refractivity contribution < 1.29 is 0 Å². The van der Waals surface area contributed by atoms with Crippen molar-refractivity contribution in [2.75, 3.05) is 0 Å². The first-order chi connectivity index (χ1) is 22.2. The number of aryl methyl sites for hydroxylation is 1. The summed E-state index contributed by atoms with van der Waals surface area (Å²) in [6.07, 6.45) is 0. The third-order valence-electron chi connectivity index (χ3n) is 8.23. The Bertz CT molecular complexity index is 2300. The lowest BCUT2D eigenvalue weighted by molar-refractivity contribution is 1.16. The fourth-order valence-corrected chi connectivity index (χ4v) is 5.85. The normalized spacial score (nSPS) is 11.2. The maximum atomic E-state index is 5.19. The Kier molecular flexibility index (Phi) is 6.65. The SMILES string of the molecule is Cc1cc(-c2ccccc2)nc2c1ccc1ccc(-c3nc(-c4ccccc4)cc(-c4ccc(-c5ccccc5)cc4)n3)nc12. The molecule has 0 unspecified atom stereocenters. The number of aromatic nitrogens is 4. The van der Waals surface area contributed by atoms with E-state index in [9.17, 15) is 0 Å². The Morgan fingerprint density at radius 3 is 1.44 bits per heavy atom. The molecule has 3 aromatic heterocycles. The number of fused-ring (bicyclic) bond motifs is 3. The summed E-state index contributed by atoms with van der Waals surface area (Å²) in [6, 6.07) is 52.0. The summed E-state index contributed by atoms with van der Waals surface area (Å²) in [5.41, 5.74) is 11.7. The molecule has 0 aliphatic heterocycles. The highest BCUT2D eigenvalue weighted by Gasteiger charge is 2.15. The maximum Gasteiger partial charge on any atom is 0.179 e. The summed E-state index contributed by atoms with van der Waals surface area (Å²) < 4.78 is 0. The van der Waals surface area contributed by atoms with Crippen molar-refractivity contribution in [2.24, 2.45) is 0 Å². The first-order valence-electron chi connectivity index (χ1n) is 15.1. The Morgan fingerprint density at radius 1 is 0.356 bits per heavy atom. The third kappa shape index (κ3) is 5.13. The first-order valence-corrected chi connectivity index (χ1v) is 15.1. The number of rotatable bonds is 5. The molecule has 0 saturated carbocycles. The van der Waals surface area contributed by atoms with E-state index in [-0.39, 0.29) is 0 Å². The molecule has 3 heterocycles. The topological polar surface area (TPSA) is 51.6 Å². The van der Waals surface area contributed by atoms with Gasteiger partial charge in [-0.25, -0.2) is 19.9 Å². The summed E-state index contributed by atoms with van der Waals surface area (Å²) in [5.74, 6) is 0.577. The second-order valence-electron chi connectivity index (χ2n) is 11.2. The average molecular weight is 577 g/mol. The molecule has 0 spiro atoms. The number of pyridine rings is 2. The van der Waals surface area contributed by atoms with Crippen molar-refractivity contribution >= 4 is 21.8 Å². The molecule has 5 aromatic carbocycles. The van der Waals surface area contributed by atoms with Crippen molar-refractivity contribution in [2.45, 2.75) is 6.92 Å². The molecular weight excluding hydrogens is 548 g/mol. The van der Waals surface area contributed by atoms with Crippen molar-refractivity contribution in [3.8, 4) is 56.4 Å². The zero-order chi connectivity index (χ0) is 30.2. The van der Waals surface area contributed by atoms with Crippen LogP contribution in [0.5, 0.6) is 0 Å². The number of hydrogen-bond acceptors (Lipinski definition) is 4. The third-order valence-corrected chi connectivity index (χ3v) is 8.23. The summed E-state index contributed by atoms with van der Waals surface area (Å²) in [6.45, 7) is 2.13. The fraction of sp³-hybridized carbons (Fsp3) is 0.0244. The minimum atomic E-state index is 0.577. The van der Waals surface area contributed by atoms with Crippen LogP contribution in [0.15, 0.2) is 152 Å². The lowest BCUT2D eigenvalue weighted by Crippen LogP contribution is -1.98. The van der Waals surface area contributed by atoms with E-state index in [1.165, 1.54) is 5.56 Å². The molecule has 0 aliphatic rings. The Hall–Kier alpha value is -6.00. The Balaban J connectivity index is 1.29. The highest BCUT2D eigenvalue weighted by atomic mass is 14.9. The number of benzene rings is 5. The lowest BCUT2D eigenvalue weighted by Gasteiger charge is -2.12. The molecule has 8 aromatic rings. The molecular formula is C41H28N4. The van der Waals surface area contributed by atoms with E-state index in [1.807, 2.05) is 48.5 Å². The van der Waals surface area contributed by atoms with Crippen LogP contribution in [0.25, 0.3) is 78.2 Å². The molecule has 4 nitrogen and oxygen atoms in total. The highest BCUT2D eigenvalue weighted by Crippen LogP contribution is 2.32. The largest absolute Gasteiger partial charge is 0.245 e. The van der Waals surface area contributed by atoms with Crippen LogP contribution in [0.4, 0.5) is 0 Å². The van der Waals surface area contributed by atoms with Crippen LogP contribution < -0.4 is 0 Å². The molecule has 212 valence electrons. The van der Waals surface area contributed by atoms with Gasteiger partial charge in [0.1, 0.15) is 5.69 Å². The van der Waals surface area contributed by atoms with Crippen LogP contribution in [0, 0.1) is 6.92 Å². The molecule has 0 atom stereocenters. The van der Waals surface area contributed by atoms with E-state index >= 15 is 0 Å². The molecule has 0 amide bonds. The van der Waals surface area contributed by atoms with E-state index in [4.69, 9.17) is 19.9 Å². The van der Waals surface area contributed by atoms with Crippen LogP contribution in [-0.4, -0.2) is 19.9 Å². The van der Waals surface area contributed by atoms with Gasteiger partial charge >= 0.3 is 0 Å². The molecule has 4 heteroatoms. The van der Waals surface area contributed by atoms with Gasteiger partial charge in [0.15, 0.2) is 5.82 Å². The van der Waals surface area contributed by atoms with Gasteiger partial charge in [0.05, 0.1) is 28.1 Å². The standard InChI is InChI=1S/C41H28N4/c1-27-25-36(30-13-7-3-8-14-30)43-40-34(27)23-21-33-22-24-35(42-39(33)40)41-44-37(31-15-9-4-10-16-31)26-38(45-41)32-19-17-29(18-20-32)28-11-5-2-6-12-28/h2-26H,1H3. The molecule has 0 N–H and O–H groups in total. The van der Waals surface area contributed by atoms with Gasteiger partial charge < -0.3 is 0 Å². The maximum absolute atomic E-state index is 5.19. The van der Waals surface area contributed by atoms with Crippen molar-refractivity contribution in [3.05, 3.63) is 157 Å². The molecule has 0 aliphatic carbocycles. The highest BCUT2D eigenvalue weighted by molar-refractivity contribution is 6.05. The van der Waals surface area contributed by atoms with Gasteiger partial charge in [0, 0.05) is 27.5 Å². The van der Waals surface area contributed by atoms with Crippen LogP contribution in [0.2, 0.25) is 0 Å². The van der Waals surface area contributed by atoms with Crippen molar-refractivity contribution in [1.82, 2.24) is 19.9 Å². The number of hydrogen-bond donors (Lipinski definition) is 0. The van der Waals surface area contributed by atoms with Crippen LogP contribution in [0.1, 0.15) is 5.56 Å². The summed E-state index contributed by atoms with van der Waals surface area (Å²) in [7, 11) is 0. The predicted molar refractivity (Wildman–Crippen MR) is 185 cm³/mol. The summed E-state index contributed by atoms with van der Waals surface area (Å²) in [4.78, 5) is 20.4. The van der Waals surface area contributed by atoms with Gasteiger partial charge in [-0.15, -0.1) is 0 Å². The van der Waals surface area contributed by atoms with E-state index in [1.54, 1.807) is 0 Å². The van der Waals surface area contributed by atoms with Gasteiger partial charge in [-0.2, -0.15) is 0 Å². The average Bonchev–Trinajstić information content (AvgIpc) is 3.12. The minimum Gasteiger partial charge on any atom is -0.245 e. The fourth-order valence-electron chi connectivity index (χ4n) is 5.85. The zero-order valence-electron chi connectivity index (χ0n) is 24.7. The monoisotopic (exact) mass is 576 g/mol. The van der Waals surface area contributed by atoms with Gasteiger partial charge in [0.2, 0.25) is 0 Å². The van der Waals surface area contributed by atoms with Gasteiger partial charge in [0.25, 0.3) is 0 Å². The minimum absolute atomic E-state index is 0.577. The molecule has 45 heavy (non-hydrogen) atoms. The first kappa shape index (κ1) is 26.6. The van der Waals surface area contributed by atoms with Gasteiger partial charge in [-0.1, -0.05) is 133 Å². The summed E-state index contributed by atoms with van der Waals surface area (Å²) >= 11 is 0. The van der Waals surface area contributed by atoms with Crippen LogP contribution >= 0.6 is 0 Å². The summed E-state index contributed by atoms with van der Waals surface area (Å²) in [5, 5.41) is 2.12. The van der Waals surface area contributed by atoms with Gasteiger partial charge in [-0.05, 0) is 41.8 Å². The van der Waals surface area contributed by atoms with Gasteiger partial charge in [-0.3, -0.25) is 0 Å². The van der Waals surface area contributed by atoms with E-state index in [0.717, 1.165) is 66.7 Å². The zero-order valence-corrected chi connectivity index (χ0v) is 24.7. The lowest BCUT2D eigenvalue weighted by atomic mass is 10.0. The van der Waals surface area contributed by atoms with E-state index in [2.05, 4.69) is 110 Å². The molecule has 0 radical (unpaired) electrons. The van der Waals surface area contributed by atoms with Crippen molar-refractivity contribution in [3.63, 3.8) is 0 Å². The van der Waals surface area contributed by atoms with E-state index in [0.29, 0.717) is 11.5 Å². The Labute approximate surface area is 261 Å². The van der Waals surface area contributed by atoms with Crippen LogP contribution in [0.3, 0.4) is 0 Å². The molecule has 8 rings (SSSR count). The predicted octanol–water partition coefficient (Wildman–Crippen LogP) is 10.2. The molecule has 0 fully saturated rings.